The molecule has 4 rings (SSSR count). The van der Waals surface area contributed by atoms with Crippen LogP contribution < -0.4 is 0 Å². The molecule has 1 amide bonds. The van der Waals surface area contributed by atoms with Gasteiger partial charge in [0.25, 0.3) is 0 Å². The van der Waals surface area contributed by atoms with Crippen LogP contribution in [0.3, 0.4) is 0 Å². The van der Waals surface area contributed by atoms with Crippen molar-refractivity contribution in [1.82, 2.24) is 19.7 Å². The number of fused-ring (bicyclic) bond motifs is 1. The normalized spacial score (nSPS) is 20.2. The number of nitrogens with zero attached hydrogens (tertiary/aromatic N) is 4. The number of piperidine rings is 1. The minimum atomic E-state index is 0.0744. The van der Waals surface area contributed by atoms with E-state index in [9.17, 15) is 4.79 Å². The van der Waals surface area contributed by atoms with E-state index >= 15 is 0 Å². The highest BCUT2D eigenvalue weighted by Crippen LogP contribution is 2.30. The van der Waals surface area contributed by atoms with E-state index in [-0.39, 0.29) is 18.2 Å². The molecule has 1 aromatic carbocycles. The molecule has 1 fully saturated rings. The first-order chi connectivity index (χ1) is 13.1. The van der Waals surface area contributed by atoms with Crippen LogP contribution in [0.4, 0.5) is 0 Å². The van der Waals surface area contributed by atoms with E-state index < -0.39 is 0 Å². The van der Waals surface area contributed by atoms with Gasteiger partial charge in [0.1, 0.15) is 11.6 Å². The quantitative estimate of drug-likeness (QED) is 0.764. The summed E-state index contributed by atoms with van der Waals surface area (Å²) < 4.78 is 2.30. The van der Waals surface area contributed by atoms with Crippen LogP contribution in [-0.2, 0) is 24.2 Å². The van der Waals surface area contributed by atoms with Gasteiger partial charge < -0.3 is 9.47 Å². The Kier molecular flexibility index (Phi) is 5.69. The van der Waals surface area contributed by atoms with Crippen LogP contribution in [-0.4, -0.2) is 38.7 Å². The van der Waals surface area contributed by atoms with E-state index in [0.717, 1.165) is 44.0 Å². The number of halogens is 2. The highest BCUT2D eigenvalue weighted by molar-refractivity contribution is 6.36. The van der Waals surface area contributed by atoms with Crippen LogP contribution in [0, 0.1) is 0 Å². The molecule has 0 aliphatic carbocycles. The first kappa shape index (κ1) is 18.8. The smallest absolute Gasteiger partial charge is 0.227 e. The Labute approximate surface area is 169 Å². The van der Waals surface area contributed by atoms with Crippen molar-refractivity contribution >= 4 is 29.1 Å². The predicted octanol–water partition coefficient (Wildman–Crippen LogP) is 4.26. The minimum absolute atomic E-state index is 0.0744. The Hall–Kier alpha value is -1.59. The second kappa shape index (κ2) is 8.19. The third kappa shape index (κ3) is 3.99. The molecule has 144 valence electrons. The molecule has 1 atom stereocenters. The lowest BCUT2D eigenvalue weighted by atomic mass is 9.96. The van der Waals surface area contributed by atoms with Crippen molar-refractivity contribution in [3.05, 3.63) is 45.5 Å². The van der Waals surface area contributed by atoms with Crippen molar-refractivity contribution in [3.8, 4) is 0 Å². The number of amides is 1. The van der Waals surface area contributed by atoms with E-state index in [2.05, 4.69) is 14.8 Å². The molecule has 2 aromatic rings. The molecule has 7 heteroatoms. The van der Waals surface area contributed by atoms with Gasteiger partial charge in [0.05, 0.1) is 6.42 Å². The third-order valence-corrected chi connectivity index (χ3v) is 6.38. The summed E-state index contributed by atoms with van der Waals surface area (Å²) in [6.07, 6.45) is 6.89. The molecule has 3 heterocycles. The number of benzene rings is 1. The lowest BCUT2D eigenvalue weighted by Gasteiger charge is -2.32. The van der Waals surface area contributed by atoms with E-state index in [0.29, 0.717) is 22.2 Å². The van der Waals surface area contributed by atoms with Crippen molar-refractivity contribution < 1.29 is 4.79 Å². The van der Waals surface area contributed by atoms with Gasteiger partial charge in [0.15, 0.2) is 0 Å². The van der Waals surface area contributed by atoms with Crippen molar-refractivity contribution in [1.29, 1.82) is 0 Å². The van der Waals surface area contributed by atoms with Gasteiger partial charge in [-0.1, -0.05) is 35.7 Å². The molecular weight excluding hydrogens is 383 g/mol. The van der Waals surface area contributed by atoms with Crippen molar-refractivity contribution in [2.45, 2.75) is 57.4 Å². The van der Waals surface area contributed by atoms with E-state index in [4.69, 9.17) is 23.2 Å². The monoisotopic (exact) mass is 406 g/mol. The van der Waals surface area contributed by atoms with Crippen LogP contribution >= 0.6 is 23.2 Å². The number of aromatic nitrogens is 3. The summed E-state index contributed by atoms with van der Waals surface area (Å²) >= 11 is 12.5. The topological polar surface area (TPSA) is 51.0 Å². The predicted molar refractivity (Wildman–Crippen MR) is 106 cm³/mol. The molecule has 0 spiro atoms. The Morgan fingerprint density at radius 1 is 1.07 bits per heavy atom. The van der Waals surface area contributed by atoms with Crippen LogP contribution in [0.15, 0.2) is 18.2 Å². The third-order valence-electron chi connectivity index (χ3n) is 5.67. The van der Waals surface area contributed by atoms with E-state index in [1.54, 1.807) is 18.2 Å². The summed E-state index contributed by atoms with van der Waals surface area (Å²) in [5.41, 5.74) is 0.712. The Bertz CT molecular complexity index is 815. The molecule has 0 saturated carbocycles. The lowest BCUT2D eigenvalue weighted by Crippen LogP contribution is -2.40. The molecule has 27 heavy (non-hydrogen) atoms. The summed E-state index contributed by atoms with van der Waals surface area (Å²) in [5.74, 6) is 2.49. The molecule has 0 unspecified atom stereocenters. The summed E-state index contributed by atoms with van der Waals surface area (Å²) in [5, 5.41) is 10.0. The molecule has 5 nitrogen and oxygen atoms in total. The van der Waals surface area contributed by atoms with Gasteiger partial charge in [-0.15, -0.1) is 10.2 Å². The second-order valence-electron chi connectivity index (χ2n) is 7.49. The van der Waals surface area contributed by atoms with E-state index in [1.807, 2.05) is 4.90 Å². The Balaban J connectivity index is 1.48. The Morgan fingerprint density at radius 2 is 1.89 bits per heavy atom. The largest absolute Gasteiger partial charge is 0.342 e. The first-order valence-corrected chi connectivity index (χ1v) is 10.5. The van der Waals surface area contributed by atoms with Crippen molar-refractivity contribution in [3.63, 3.8) is 0 Å². The maximum Gasteiger partial charge on any atom is 0.227 e. The zero-order valence-corrected chi connectivity index (χ0v) is 16.8. The fraction of sp³-hybridized carbons (Fsp3) is 0.550. The molecule has 1 aromatic heterocycles. The number of carbonyl (C=O) groups is 1. The maximum atomic E-state index is 12.9. The van der Waals surface area contributed by atoms with Crippen LogP contribution in [0.25, 0.3) is 0 Å². The number of rotatable bonds is 3. The molecule has 2 aliphatic heterocycles. The molecule has 0 radical (unpaired) electrons. The molecule has 2 aliphatic rings. The van der Waals surface area contributed by atoms with Crippen molar-refractivity contribution in [2.24, 2.45) is 0 Å². The van der Waals surface area contributed by atoms with Gasteiger partial charge in [0.2, 0.25) is 5.91 Å². The van der Waals surface area contributed by atoms with E-state index in [1.165, 1.54) is 19.3 Å². The van der Waals surface area contributed by atoms with Gasteiger partial charge in [-0.25, -0.2) is 0 Å². The summed E-state index contributed by atoms with van der Waals surface area (Å²) in [7, 11) is 0. The zero-order chi connectivity index (χ0) is 18.8. The fourth-order valence-electron chi connectivity index (χ4n) is 4.19. The van der Waals surface area contributed by atoms with Gasteiger partial charge in [0, 0.05) is 42.0 Å². The van der Waals surface area contributed by atoms with Crippen LogP contribution in [0.5, 0.6) is 0 Å². The number of carbonyl (C=O) groups excluding carboxylic acids is 1. The molecular formula is C20H24Cl2N4O. The average molecular weight is 407 g/mol. The van der Waals surface area contributed by atoms with Crippen LogP contribution in [0.2, 0.25) is 10.0 Å². The van der Waals surface area contributed by atoms with Crippen molar-refractivity contribution in [2.75, 3.05) is 13.1 Å². The highest BCUT2D eigenvalue weighted by atomic mass is 35.5. The Morgan fingerprint density at radius 3 is 2.70 bits per heavy atom. The zero-order valence-electron chi connectivity index (χ0n) is 15.3. The maximum absolute atomic E-state index is 12.9. The van der Waals surface area contributed by atoms with Gasteiger partial charge in [-0.05, 0) is 43.4 Å². The van der Waals surface area contributed by atoms with Gasteiger partial charge in [-0.3, -0.25) is 4.79 Å². The minimum Gasteiger partial charge on any atom is -0.342 e. The van der Waals surface area contributed by atoms with Gasteiger partial charge >= 0.3 is 0 Å². The number of hydrogen-bond donors (Lipinski definition) is 0. The van der Waals surface area contributed by atoms with Crippen LogP contribution in [0.1, 0.15) is 55.2 Å². The molecule has 0 bridgehead atoms. The lowest BCUT2D eigenvalue weighted by molar-refractivity contribution is -0.131. The van der Waals surface area contributed by atoms with Gasteiger partial charge in [-0.2, -0.15) is 0 Å². The second-order valence-corrected chi connectivity index (χ2v) is 8.31. The molecule has 0 N–H and O–H groups in total. The standard InChI is InChI=1S/C20H24Cl2N4O/c21-16-7-4-8-17(22)15(16)12-19(27)25-10-5-6-14(13-25)20-24-23-18-9-2-1-3-11-26(18)20/h4,7-8,14H,1-3,5-6,9-13H2/t14-/m1/s1. The fourth-order valence-corrected chi connectivity index (χ4v) is 4.72. The number of likely N-dealkylation sites (tertiary alicyclic amines) is 1. The molecule has 1 saturated heterocycles. The highest BCUT2D eigenvalue weighted by Gasteiger charge is 2.29. The average Bonchev–Trinajstić information content (AvgIpc) is 2.93. The summed E-state index contributed by atoms with van der Waals surface area (Å²) in [6.45, 7) is 2.47. The summed E-state index contributed by atoms with van der Waals surface area (Å²) in [4.78, 5) is 14.8. The first-order valence-electron chi connectivity index (χ1n) is 9.76. The SMILES string of the molecule is O=C(Cc1c(Cl)cccc1Cl)N1CCC[C@@H](c2nnc3n2CCCCC3)C1. The summed E-state index contributed by atoms with van der Waals surface area (Å²) in [6, 6.07) is 5.35. The number of hydrogen-bond acceptors (Lipinski definition) is 3. The number of aryl methyl sites for hydroxylation is 1.